The lowest BCUT2D eigenvalue weighted by molar-refractivity contribution is -0.119. The summed E-state index contributed by atoms with van der Waals surface area (Å²) in [5.41, 5.74) is 7.66. The molecule has 0 atom stereocenters. The lowest BCUT2D eigenvalue weighted by atomic mass is 10.0. The minimum atomic E-state index is -0.584. The molecule has 0 unspecified atom stereocenters. The van der Waals surface area contributed by atoms with E-state index in [1.54, 1.807) is 30.3 Å². The Morgan fingerprint density at radius 3 is 2.52 bits per heavy atom. The first-order valence-electron chi connectivity index (χ1n) is 7.42. The predicted octanol–water partition coefficient (Wildman–Crippen LogP) is 3.01. The van der Waals surface area contributed by atoms with E-state index in [0.29, 0.717) is 11.3 Å². The van der Waals surface area contributed by atoms with Gasteiger partial charge in [-0.25, -0.2) is 0 Å². The normalized spacial score (nSPS) is 10.7. The standard InChI is InChI=1S/C19H19NO3/c1-2-14-7-3-4-8-15(14)11-12-17(21)16-9-5-6-10-18(16)23-13-19(20)22/h3-12H,2,13H2,1H3,(H2,20,22)/b12-11+. The van der Waals surface area contributed by atoms with Crippen molar-refractivity contribution in [3.05, 3.63) is 71.3 Å². The second kappa shape index (κ2) is 7.94. The molecule has 2 aromatic rings. The molecule has 2 N–H and O–H groups in total. The highest BCUT2D eigenvalue weighted by Crippen LogP contribution is 2.20. The van der Waals surface area contributed by atoms with Crippen LogP contribution >= 0.6 is 0 Å². The van der Waals surface area contributed by atoms with Crippen LogP contribution < -0.4 is 10.5 Å². The van der Waals surface area contributed by atoms with Gasteiger partial charge in [-0.2, -0.15) is 0 Å². The highest BCUT2D eigenvalue weighted by atomic mass is 16.5. The zero-order chi connectivity index (χ0) is 16.7. The van der Waals surface area contributed by atoms with Crippen molar-refractivity contribution in [2.24, 2.45) is 5.73 Å². The number of primary amides is 1. The van der Waals surface area contributed by atoms with Crippen molar-refractivity contribution in [3.8, 4) is 5.75 Å². The highest BCUT2D eigenvalue weighted by Gasteiger charge is 2.10. The third kappa shape index (κ3) is 4.54. The maximum Gasteiger partial charge on any atom is 0.255 e. The van der Waals surface area contributed by atoms with Crippen LogP contribution in [0.1, 0.15) is 28.4 Å². The number of para-hydroxylation sites is 1. The van der Waals surface area contributed by atoms with Gasteiger partial charge in [0.2, 0.25) is 0 Å². The zero-order valence-electron chi connectivity index (χ0n) is 13.0. The summed E-state index contributed by atoms with van der Waals surface area (Å²) in [5.74, 6) is -0.416. The molecule has 0 aliphatic rings. The van der Waals surface area contributed by atoms with E-state index in [4.69, 9.17) is 10.5 Å². The Morgan fingerprint density at radius 1 is 1.09 bits per heavy atom. The van der Waals surface area contributed by atoms with Gasteiger partial charge in [-0.3, -0.25) is 9.59 Å². The second-order valence-electron chi connectivity index (χ2n) is 5.00. The van der Waals surface area contributed by atoms with Crippen LogP contribution in [0.15, 0.2) is 54.6 Å². The molecule has 0 bridgehead atoms. The lowest BCUT2D eigenvalue weighted by Gasteiger charge is -2.08. The van der Waals surface area contributed by atoms with Gasteiger partial charge >= 0.3 is 0 Å². The van der Waals surface area contributed by atoms with Crippen molar-refractivity contribution in [1.82, 2.24) is 0 Å². The quantitative estimate of drug-likeness (QED) is 0.631. The fraction of sp³-hybridized carbons (Fsp3) is 0.158. The molecule has 118 valence electrons. The Balaban J connectivity index is 2.20. The molecule has 0 aromatic heterocycles. The Bertz CT molecular complexity index is 735. The van der Waals surface area contributed by atoms with Crippen LogP contribution in [0.2, 0.25) is 0 Å². The van der Waals surface area contributed by atoms with Gasteiger partial charge in [0.1, 0.15) is 5.75 Å². The van der Waals surface area contributed by atoms with E-state index in [-0.39, 0.29) is 12.4 Å². The summed E-state index contributed by atoms with van der Waals surface area (Å²) < 4.78 is 5.29. The lowest BCUT2D eigenvalue weighted by Crippen LogP contribution is -2.20. The molecule has 23 heavy (non-hydrogen) atoms. The molecule has 4 heteroatoms. The summed E-state index contributed by atoms with van der Waals surface area (Å²) in [5, 5.41) is 0. The smallest absolute Gasteiger partial charge is 0.255 e. The molecule has 0 heterocycles. The van der Waals surface area contributed by atoms with Crippen molar-refractivity contribution < 1.29 is 14.3 Å². The largest absolute Gasteiger partial charge is 0.483 e. The van der Waals surface area contributed by atoms with E-state index < -0.39 is 5.91 Å². The van der Waals surface area contributed by atoms with Crippen molar-refractivity contribution in [2.45, 2.75) is 13.3 Å². The number of carbonyl (C=O) groups is 2. The van der Waals surface area contributed by atoms with Crippen LogP contribution in [-0.4, -0.2) is 18.3 Å². The first-order chi connectivity index (χ1) is 11.1. The molecule has 2 rings (SSSR count). The SMILES string of the molecule is CCc1ccccc1/C=C/C(=O)c1ccccc1OCC(N)=O. The number of ether oxygens (including phenoxy) is 1. The summed E-state index contributed by atoms with van der Waals surface area (Å²) in [6.45, 7) is 1.81. The number of hydrogen-bond donors (Lipinski definition) is 1. The van der Waals surface area contributed by atoms with Gasteiger partial charge in [-0.05, 0) is 35.8 Å². The van der Waals surface area contributed by atoms with Gasteiger partial charge in [-0.15, -0.1) is 0 Å². The minimum Gasteiger partial charge on any atom is -0.483 e. The fourth-order valence-electron chi connectivity index (χ4n) is 2.22. The molecular weight excluding hydrogens is 290 g/mol. The molecule has 1 amide bonds. The van der Waals surface area contributed by atoms with Crippen LogP contribution in [0.25, 0.3) is 6.08 Å². The van der Waals surface area contributed by atoms with Gasteiger partial charge < -0.3 is 10.5 Å². The predicted molar refractivity (Wildman–Crippen MR) is 90.3 cm³/mol. The monoisotopic (exact) mass is 309 g/mol. The van der Waals surface area contributed by atoms with E-state index in [1.807, 2.05) is 24.3 Å². The summed E-state index contributed by atoms with van der Waals surface area (Å²) >= 11 is 0. The number of allylic oxidation sites excluding steroid dienone is 1. The number of nitrogens with two attached hydrogens (primary N) is 1. The third-order valence-corrected chi connectivity index (χ3v) is 3.37. The van der Waals surface area contributed by atoms with Crippen LogP contribution in [0.5, 0.6) is 5.75 Å². The van der Waals surface area contributed by atoms with E-state index >= 15 is 0 Å². The number of amides is 1. The Hall–Kier alpha value is -2.88. The van der Waals surface area contributed by atoms with Crippen molar-refractivity contribution in [2.75, 3.05) is 6.61 Å². The van der Waals surface area contributed by atoms with Gasteiger partial charge in [0.05, 0.1) is 5.56 Å². The average molecular weight is 309 g/mol. The molecule has 0 aliphatic heterocycles. The molecule has 0 saturated heterocycles. The van der Waals surface area contributed by atoms with E-state index in [2.05, 4.69) is 6.92 Å². The summed E-state index contributed by atoms with van der Waals surface area (Å²) in [7, 11) is 0. The maximum absolute atomic E-state index is 12.4. The number of carbonyl (C=O) groups excluding carboxylic acids is 2. The molecule has 0 fully saturated rings. The second-order valence-corrected chi connectivity index (χ2v) is 5.00. The molecule has 0 aliphatic carbocycles. The number of rotatable bonds is 7. The Morgan fingerprint density at radius 2 is 1.78 bits per heavy atom. The van der Waals surface area contributed by atoms with Crippen LogP contribution in [-0.2, 0) is 11.2 Å². The van der Waals surface area contributed by atoms with Crippen molar-refractivity contribution in [1.29, 1.82) is 0 Å². The molecule has 0 spiro atoms. The topological polar surface area (TPSA) is 69.4 Å². The molecule has 2 aromatic carbocycles. The van der Waals surface area contributed by atoms with E-state index in [0.717, 1.165) is 12.0 Å². The number of ketones is 1. The van der Waals surface area contributed by atoms with Crippen molar-refractivity contribution >= 4 is 17.8 Å². The molecule has 0 radical (unpaired) electrons. The van der Waals surface area contributed by atoms with Gasteiger partial charge in [-0.1, -0.05) is 49.4 Å². The van der Waals surface area contributed by atoms with Gasteiger partial charge in [0.15, 0.2) is 12.4 Å². The molecule has 0 saturated carbocycles. The summed E-state index contributed by atoms with van der Waals surface area (Å²) in [6.07, 6.45) is 4.21. The first-order valence-corrected chi connectivity index (χ1v) is 7.42. The Kier molecular flexibility index (Phi) is 5.69. The highest BCUT2D eigenvalue weighted by molar-refractivity contribution is 6.08. The van der Waals surface area contributed by atoms with Crippen LogP contribution in [0.4, 0.5) is 0 Å². The molecule has 4 nitrogen and oxygen atoms in total. The van der Waals surface area contributed by atoms with Crippen LogP contribution in [0.3, 0.4) is 0 Å². The minimum absolute atomic E-state index is 0.184. The van der Waals surface area contributed by atoms with Gasteiger partial charge in [0, 0.05) is 0 Å². The van der Waals surface area contributed by atoms with E-state index in [9.17, 15) is 9.59 Å². The Labute approximate surface area is 135 Å². The average Bonchev–Trinajstić information content (AvgIpc) is 2.58. The van der Waals surface area contributed by atoms with Gasteiger partial charge in [0.25, 0.3) is 5.91 Å². The van der Waals surface area contributed by atoms with Crippen molar-refractivity contribution in [3.63, 3.8) is 0 Å². The summed E-state index contributed by atoms with van der Waals surface area (Å²) in [4.78, 5) is 23.2. The van der Waals surface area contributed by atoms with Crippen LogP contribution in [0, 0.1) is 0 Å². The number of aryl methyl sites for hydroxylation is 1. The zero-order valence-corrected chi connectivity index (χ0v) is 13.0. The third-order valence-electron chi connectivity index (χ3n) is 3.37. The molecular formula is C19H19NO3. The number of benzene rings is 2. The summed E-state index contributed by atoms with van der Waals surface area (Å²) in [6, 6.07) is 14.7. The maximum atomic E-state index is 12.4. The fourth-order valence-corrected chi connectivity index (χ4v) is 2.22. The number of hydrogen-bond acceptors (Lipinski definition) is 3. The van der Waals surface area contributed by atoms with E-state index in [1.165, 1.54) is 11.6 Å². The first kappa shape index (κ1) is 16.5.